The van der Waals surface area contributed by atoms with Gasteiger partial charge in [-0.1, -0.05) is 13.8 Å². The summed E-state index contributed by atoms with van der Waals surface area (Å²) in [6.45, 7) is 9.62. The second-order valence-corrected chi connectivity index (χ2v) is 8.16. The van der Waals surface area contributed by atoms with Crippen LogP contribution in [-0.2, 0) is 17.8 Å². The lowest BCUT2D eigenvalue weighted by molar-refractivity contribution is -0.130. The lowest BCUT2D eigenvalue weighted by Crippen LogP contribution is -2.44. The molecule has 3 N–H and O–H groups in total. The molecule has 28 heavy (non-hydrogen) atoms. The van der Waals surface area contributed by atoms with Crippen LogP contribution in [0, 0.1) is 5.41 Å². The van der Waals surface area contributed by atoms with Gasteiger partial charge in [-0.25, -0.2) is 4.99 Å². The Hall–Kier alpha value is -0.870. The molecule has 0 bridgehead atoms. The third-order valence-electron chi connectivity index (χ3n) is 5.65. The molecule has 0 saturated carbocycles. The summed E-state index contributed by atoms with van der Waals surface area (Å²) >= 11 is 1.78. The van der Waals surface area contributed by atoms with Gasteiger partial charge in [-0.2, -0.15) is 0 Å². The number of hydrogen-bond donors (Lipinski definition) is 3. The Bertz CT molecular complexity index is 631. The molecule has 0 fully saturated rings. The first-order chi connectivity index (χ1) is 13.1. The quantitative estimate of drug-likeness (QED) is 0.265. The molecule has 2 rings (SSSR count). The molecule has 0 saturated heterocycles. The molecule has 0 aromatic carbocycles. The van der Waals surface area contributed by atoms with E-state index in [1.165, 1.54) is 10.4 Å². The van der Waals surface area contributed by atoms with Crippen LogP contribution in [0.25, 0.3) is 0 Å². The van der Waals surface area contributed by atoms with E-state index in [1.54, 1.807) is 11.3 Å². The number of guanidine groups is 1. The predicted molar refractivity (Wildman–Crippen MR) is 128 cm³/mol. The third kappa shape index (κ3) is 6.88. The number of fused-ring (bicyclic) bond motifs is 1. The molecule has 6 nitrogen and oxygen atoms in total. The minimum atomic E-state index is 0. The first-order valence-corrected chi connectivity index (χ1v) is 10.9. The van der Waals surface area contributed by atoms with Gasteiger partial charge in [-0.3, -0.25) is 4.79 Å². The smallest absolute Gasteiger partial charge is 0.244 e. The van der Waals surface area contributed by atoms with Crippen molar-refractivity contribution in [2.75, 3.05) is 32.8 Å². The first-order valence-electron chi connectivity index (χ1n) is 10.0. The Labute approximate surface area is 190 Å². The molecule has 0 aliphatic carbocycles. The SMILES string of the molecule is CCNC(=NCC(=O)N1CCc2sccc2C1)NCC(CC)(CC)CCO.I. The summed E-state index contributed by atoms with van der Waals surface area (Å²) in [5, 5.41) is 18.1. The maximum atomic E-state index is 12.6. The topological polar surface area (TPSA) is 77.0 Å². The maximum absolute atomic E-state index is 12.6. The van der Waals surface area contributed by atoms with Crippen molar-refractivity contribution in [3.63, 3.8) is 0 Å². The number of aliphatic hydroxyl groups excluding tert-OH is 1. The van der Waals surface area contributed by atoms with E-state index < -0.39 is 0 Å². The van der Waals surface area contributed by atoms with Crippen LogP contribution in [0.3, 0.4) is 0 Å². The molecular weight excluding hydrogens is 487 g/mol. The zero-order valence-electron chi connectivity index (χ0n) is 17.3. The van der Waals surface area contributed by atoms with Gasteiger partial charge < -0.3 is 20.6 Å². The molecule has 0 spiro atoms. The summed E-state index contributed by atoms with van der Waals surface area (Å²) in [6.07, 6.45) is 3.69. The number of amides is 1. The minimum Gasteiger partial charge on any atom is -0.396 e. The zero-order chi connectivity index (χ0) is 19.7. The van der Waals surface area contributed by atoms with Crippen molar-refractivity contribution < 1.29 is 9.90 Å². The average molecular weight is 522 g/mol. The van der Waals surface area contributed by atoms with Crippen molar-refractivity contribution in [1.82, 2.24) is 15.5 Å². The Morgan fingerprint density at radius 2 is 2.07 bits per heavy atom. The molecule has 160 valence electrons. The van der Waals surface area contributed by atoms with E-state index in [0.717, 1.165) is 45.3 Å². The third-order valence-corrected chi connectivity index (χ3v) is 6.67. The lowest BCUT2D eigenvalue weighted by Gasteiger charge is -2.32. The fourth-order valence-corrected chi connectivity index (χ4v) is 4.39. The van der Waals surface area contributed by atoms with Gasteiger partial charge in [0, 0.05) is 37.7 Å². The van der Waals surface area contributed by atoms with Crippen LogP contribution in [0.4, 0.5) is 0 Å². The fraction of sp³-hybridized carbons (Fsp3) is 0.700. The number of nitrogens with zero attached hydrogens (tertiary/aromatic N) is 2. The van der Waals surface area contributed by atoms with E-state index in [9.17, 15) is 9.90 Å². The Morgan fingerprint density at radius 3 is 2.71 bits per heavy atom. The van der Waals surface area contributed by atoms with Gasteiger partial charge in [-0.05, 0) is 55.0 Å². The summed E-state index contributed by atoms with van der Waals surface area (Å²) in [4.78, 5) is 20.4. The molecule has 1 aliphatic rings. The van der Waals surface area contributed by atoms with Gasteiger partial charge >= 0.3 is 0 Å². The highest BCUT2D eigenvalue weighted by atomic mass is 127. The van der Waals surface area contributed by atoms with Crippen LogP contribution in [0.15, 0.2) is 16.4 Å². The normalized spacial score (nSPS) is 14.3. The van der Waals surface area contributed by atoms with Gasteiger partial charge in [-0.15, -0.1) is 35.3 Å². The minimum absolute atomic E-state index is 0. The summed E-state index contributed by atoms with van der Waals surface area (Å²) in [6, 6.07) is 2.12. The van der Waals surface area contributed by atoms with E-state index in [2.05, 4.69) is 40.9 Å². The van der Waals surface area contributed by atoms with Crippen molar-refractivity contribution in [3.8, 4) is 0 Å². The highest BCUT2D eigenvalue weighted by Crippen LogP contribution is 2.29. The highest BCUT2D eigenvalue weighted by Gasteiger charge is 2.26. The number of nitrogens with one attached hydrogen (secondary N) is 2. The van der Waals surface area contributed by atoms with Crippen molar-refractivity contribution in [1.29, 1.82) is 0 Å². The molecule has 0 radical (unpaired) electrons. The lowest BCUT2D eigenvalue weighted by atomic mass is 9.79. The number of carbonyl (C=O) groups excluding carboxylic acids is 1. The van der Waals surface area contributed by atoms with Crippen molar-refractivity contribution in [2.45, 2.75) is 53.0 Å². The first kappa shape index (κ1) is 25.2. The Morgan fingerprint density at radius 1 is 1.32 bits per heavy atom. The van der Waals surface area contributed by atoms with Gasteiger partial charge in [0.1, 0.15) is 6.54 Å². The largest absolute Gasteiger partial charge is 0.396 e. The molecular formula is C20H35IN4O2S. The summed E-state index contributed by atoms with van der Waals surface area (Å²) in [7, 11) is 0. The van der Waals surface area contributed by atoms with Crippen LogP contribution < -0.4 is 10.6 Å². The van der Waals surface area contributed by atoms with Crippen LogP contribution in [-0.4, -0.2) is 54.7 Å². The number of hydrogen-bond acceptors (Lipinski definition) is 4. The molecule has 1 amide bonds. The second-order valence-electron chi connectivity index (χ2n) is 7.16. The van der Waals surface area contributed by atoms with Gasteiger partial charge in [0.25, 0.3) is 0 Å². The van der Waals surface area contributed by atoms with E-state index in [-0.39, 0.29) is 48.5 Å². The molecule has 1 aliphatic heterocycles. The number of aliphatic hydroxyl groups is 1. The van der Waals surface area contributed by atoms with E-state index in [0.29, 0.717) is 12.5 Å². The molecule has 0 unspecified atom stereocenters. The number of aliphatic imine (C=N–C) groups is 1. The van der Waals surface area contributed by atoms with E-state index in [1.807, 2.05) is 11.8 Å². The molecule has 0 atom stereocenters. The van der Waals surface area contributed by atoms with Gasteiger partial charge in [0.2, 0.25) is 5.91 Å². The average Bonchev–Trinajstić information content (AvgIpc) is 3.16. The van der Waals surface area contributed by atoms with Crippen LogP contribution in [0.2, 0.25) is 0 Å². The highest BCUT2D eigenvalue weighted by molar-refractivity contribution is 14.0. The zero-order valence-corrected chi connectivity index (χ0v) is 20.4. The standard InChI is InChI=1S/C20H34N4O2S.HI/c1-4-20(5-2,9-11-25)15-23-19(21-6-3)22-13-18(26)24-10-7-17-16(14-24)8-12-27-17;/h8,12,25H,4-7,9-11,13-15H2,1-3H3,(H2,21,22,23);1H. The summed E-state index contributed by atoms with van der Waals surface area (Å²) < 4.78 is 0. The second kappa shape index (κ2) is 12.6. The van der Waals surface area contributed by atoms with Gasteiger partial charge in [0.15, 0.2) is 5.96 Å². The summed E-state index contributed by atoms with van der Waals surface area (Å²) in [5.41, 5.74) is 1.32. The van der Waals surface area contributed by atoms with Gasteiger partial charge in [0.05, 0.1) is 0 Å². The van der Waals surface area contributed by atoms with Crippen LogP contribution >= 0.6 is 35.3 Å². The number of halogens is 1. The number of carbonyl (C=O) groups is 1. The molecule has 8 heteroatoms. The maximum Gasteiger partial charge on any atom is 0.244 e. The van der Waals surface area contributed by atoms with Crippen molar-refractivity contribution in [2.24, 2.45) is 10.4 Å². The van der Waals surface area contributed by atoms with E-state index in [4.69, 9.17) is 0 Å². The number of thiophene rings is 1. The van der Waals surface area contributed by atoms with Crippen molar-refractivity contribution in [3.05, 3.63) is 21.9 Å². The van der Waals surface area contributed by atoms with Crippen molar-refractivity contribution >= 4 is 47.2 Å². The Kier molecular flexibility index (Phi) is 11.4. The summed E-state index contributed by atoms with van der Waals surface area (Å²) in [5.74, 6) is 0.736. The monoisotopic (exact) mass is 522 g/mol. The predicted octanol–water partition coefficient (Wildman–Crippen LogP) is 2.99. The molecule has 1 aromatic heterocycles. The van der Waals surface area contributed by atoms with Crippen LogP contribution in [0.1, 0.15) is 50.5 Å². The van der Waals surface area contributed by atoms with Crippen LogP contribution in [0.5, 0.6) is 0 Å². The van der Waals surface area contributed by atoms with E-state index >= 15 is 0 Å². The molecule has 2 heterocycles. The molecule has 1 aromatic rings. The number of rotatable bonds is 9. The Balaban J connectivity index is 0.00000392. The fourth-order valence-electron chi connectivity index (χ4n) is 3.50.